The van der Waals surface area contributed by atoms with Crippen LogP contribution in [0.2, 0.25) is 0 Å². The highest BCUT2D eigenvalue weighted by atomic mass is 16.6. The number of hydrogen-bond acceptors (Lipinski definition) is 11. The van der Waals surface area contributed by atoms with E-state index in [1.165, 1.54) is 33.3 Å². The molecule has 0 radical (unpaired) electrons. The number of methoxy groups -OCH3 is 2. The summed E-state index contributed by atoms with van der Waals surface area (Å²) < 4.78 is 16.7. The van der Waals surface area contributed by atoms with Crippen LogP contribution in [0.5, 0.6) is 0 Å². The van der Waals surface area contributed by atoms with Crippen LogP contribution in [0.25, 0.3) is 0 Å². The molecule has 14 heteroatoms. The first-order valence-electron chi connectivity index (χ1n) is 18.5. The van der Waals surface area contributed by atoms with Gasteiger partial charge in [-0.2, -0.15) is 0 Å². The molecule has 1 aromatic carbocycles. The molecule has 1 fully saturated rings. The number of piperazine rings is 1. The number of amides is 3. The molecule has 1 saturated heterocycles. The lowest BCUT2D eigenvalue weighted by atomic mass is 9.85. The number of primary amides is 1. The monoisotopic (exact) mass is 761 g/mol. The number of nitrogens with zero attached hydrogens (tertiary/aromatic N) is 2. The average Bonchev–Trinajstić information content (AvgIpc) is 3.15. The Morgan fingerprint density at radius 2 is 1.69 bits per heavy atom. The van der Waals surface area contributed by atoms with Gasteiger partial charge in [-0.05, 0) is 62.9 Å². The number of benzene rings is 1. The molecule has 1 aromatic rings. The lowest BCUT2D eigenvalue weighted by Crippen LogP contribution is -2.43. The zero-order chi connectivity index (χ0) is 40.4. The van der Waals surface area contributed by atoms with E-state index in [9.17, 15) is 29.1 Å². The lowest BCUT2D eigenvalue weighted by Gasteiger charge is -2.32. The van der Waals surface area contributed by atoms with Crippen LogP contribution in [0.15, 0.2) is 82.8 Å². The molecule has 1 aliphatic carbocycles. The van der Waals surface area contributed by atoms with Gasteiger partial charge in [-0.3, -0.25) is 24.1 Å². The Labute approximate surface area is 323 Å². The van der Waals surface area contributed by atoms with Crippen molar-refractivity contribution in [2.75, 3.05) is 47.4 Å². The second-order valence-electron chi connectivity index (χ2n) is 14.7. The number of ether oxygens (including phenoxy) is 3. The molecule has 0 unspecified atom stereocenters. The zero-order valence-corrected chi connectivity index (χ0v) is 32.8. The summed E-state index contributed by atoms with van der Waals surface area (Å²) in [6.07, 6.45) is 3.07. The van der Waals surface area contributed by atoms with Crippen molar-refractivity contribution in [1.29, 1.82) is 0 Å². The number of carbonyl (C=O) groups is 5. The number of allylic oxidation sites excluding steroid dienone is 4. The molecular formula is C41H55N5O9. The van der Waals surface area contributed by atoms with Crippen LogP contribution >= 0.6 is 0 Å². The maximum atomic E-state index is 14.1. The fraction of sp³-hybridized carbons (Fsp3) is 0.488. The summed E-state index contributed by atoms with van der Waals surface area (Å²) in [7, 11) is 4.99. The van der Waals surface area contributed by atoms with Crippen molar-refractivity contribution in [1.82, 2.24) is 20.4 Å². The standard InChI is InChI=1S/C41H55N5O9/c1-24-19-30-35(44-40(51)29-13-11-28(12-14-29)23-46-17-15-45(5)16-18-46)32(47)22-31(37(30)49)43-39(50)25(2)9-8-10-33(53-6)38(55-41(42)52)27(4)21-26(3)36(48)34(20-24)54-7/h8-14,21-22,24,26,33-34,36,38,48H,15-20,23H2,1-7H3,(H2,42,52)(H,43,50)(H,44,51)/b10-8-,25-9+,27-21+/t24-,26+,33+,34+,36-,38+/m1/s1. The van der Waals surface area contributed by atoms with E-state index >= 15 is 0 Å². The van der Waals surface area contributed by atoms with E-state index in [4.69, 9.17) is 19.9 Å². The predicted octanol–water partition coefficient (Wildman–Crippen LogP) is 2.94. The maximum absolute atomic E-state index is 14.1. The Bertz CT molecular complexity index is 1750. The second-order valence-corrected chi connectivity index (χ2v) is 14.7. The Hall–Kier alpha value is -4.73. The number of likely N-dealkylation sites (N-methyl/N-ethyl adjacent to an activating group) is 1. The fourth-order valence-corrected chi connectivity index (χ4v) is 6.93. The summed E-state index contributed by atoms with van der Waals surface area (Å²) in [6, 6.07) is 7.15. The van der Waals surface area contributed by atoms with Crippen LogP contribution < -0.4 is 16.4 Å². The van der Waals surface area contributed by atoms with E-state index in [0.29, 0.717) is 11.1 Å². The van der Waals surface area contributed by atoms with Crippen molar-refractivity contribution in [3.05, 3.63) is 93.9 Å². The number of carbonyl (C=O) groups excluding carboxylic acids is 5. The Kier molecular flexibility index (Phi) is 15.4. The maximum Gasteiger partial charge on any atom is 0.405 e. The minimum Gasteiger partial charge on any atom is -0.439 e. The van der Waals surface area contributed by atoms with Crippen molar-refractivity contribution in [3.8, 4) is 0 Å². The third kappa shape index (κ3) is 11.6. The Morgan fingerprint density at radius 1 is 1.02 bits per heavy atom. The highest BCUT2D eigenvalue weighted by molar-refractivity contribution is 6.24. The number of fused-ring (bicyclic) bond motifs is 2. The lowest BCUT2D eigenvalue weighted by molar-refractivity contribution is -0.120. The Morgan fingerprint density at radius 3 is 2.31 bits per heavy atom. The van der Waals surface area contributed by atoms with E-state index < -0.39 is 59.8 Å². The highest BCUT2D eigenvalue weighted by Crippen LogP contribution is 2.29. The summed E-state index contributed by atoms with van der Waals surface area (Å²) in [4.78, 5) is 71.1. The molecule has 0 spiro atoms. The Balaban J connectivity index is 1.66. The fourth-order valence-electron chi connectivity index (χ4n) is 6.93. The molecule has 298 valence electrons. The van der Waals surface area contributed by atoms with Crippen LogP contribution in [0.4, 0.5) is 4.79 Å². The van der Waals surface area contributed by atoms with Gasteiger partial charge < -0.3 is 40.6 Å². The summed E-state index contributed by atoms with van der Waals surface area (Å²) in [5.74, 6) is -3.32. The van der Waals surface area contributed by atoms with Crippen molar-refractivity contribution in [2.45, 2.75) is 71.5 Å². The van der Waals surface area contributed by atoms with Crippen LogP contribution in [0.1, 0.15) is 56.5 Å². The van der Waals surface area contributed by atoms with Crippen molar-refractivity contribution >= 4 is 29.5 Å². The number of hydrogen-bond donors (Lipinski definition) is 4. The molecule has 6 atom stereocenters. The molecule has 0 aromatic heterocycles. The molecule has 14 nitrogen and oxygen atoms in total. The number of aliphatic hydroxyl groups excluding tert-OH is 1. The number of nitrogens with two attached hydrogens (primary N) is 1. The zero-order valence-electron chi connectivity index (χ0n) is 32.8. The first-order chi connectivity index (χ1) is 26.1. The van der Waals surface area contributed by atoms with Gasteiger partial charge in [0.05, 0.1) is 23.6 Å². The highest BCUT2D eigenvalue weighted by Gasteiger charge is 2.34. The first-order valence-corrected chi connectivity index (χ1v) is 18.5. The van der Waals surface area contributed by atoms with Gasteiger partial charge in [0.1, 0.15) is 6.10 Å². The summed E-state index contributed by atoms with van der Waals surface area (Å²) in [6.45, 7) is 11.5. The van der Waals surface area contributed by atoms with E-state index in [0.717, 1.165) is 44.4 Å². The van der Waals surface area contributed by atoms with Gasteiger partial charge in [0, 0.05) is 75.6 Å². The number of Topliss-reactive ketones (excluding diaryl/α,β-unsaturated/α-hetero) is 1. The van der Waals surface area contributed by atoms with Crippen molar-refractivity contribution in [3.63, 3.8) is 0 Å². The number of aliphatic hydroxyl groups is 1. The van der Waals surface area contributed by atoms with Gasteiger partial charge in [0.2, 0.25) is 11.6 Å². The normalized spacial score (nSPS) is 29.3. The van der Waals surface area contributed by atoms with Gasteiger partial charge in [-0.25, -0.2) is 4.79 Å². The smallest absolute Gasteiger partial charge is 0.405 e. The largest absolute Gasteiger partial charge is 0.439 e. The molecule has 2 bridgehead atoms. The second kappa shape index (κ2) is 19.7. The summed E-state index contributed by atoms with van der Waals surface area (Å²) >= 11 is 0. The minimum atomic E-state index is -1.04. The molecule has 2 aliphatic heterocycles. The molecular weight excluding hydrogens is 706 g/mol. The molecule has 4 rings (SSSR count). The van der Waals surface area contributed by atoms with Gasteiger partial charge in [0.25, 0.3) is 11.8 Å². The van der Waals surface area contributed by atoms with E-state index in [2.05, 4.69) is 27.5 Å². The van der Waals surface area contributed by atoms with Gasteiger partial charge in [-0.1, -0.05) is 50.3 Å². The third-order valence-electron chi connectivity index (χ3n) is 10.3. The SMILES string of the molecule is CO[C@H]1/C=C\C=C(/C)C(=O)NC2=CC(=O)C(NC(=O)c3ccc(CN4CCN(C)CC4)cc3)=C(C[C@@H](C)C[C@H](OC)[C@H](O)[C@@H](C)/C=C(\C)[C@@H]1OC(N)=O)C2=O. The predicted molar refractivity (Wildman–Crippen MR) is 206 cm³/mol. The van der Waals surface area contributed by atoms with Crippen LogP contribution in [0.3, 0.4) is 0 Å². The van der Waals surface area contributed by atoms with Crippen LogP contribution in [-0.4, -0.2) is 116 Å². The molecule has 3 aliphatic rings. The summed E-state index contributed by atoms with van der Waals surface area (Å²) in [5, 5.41) is 16.7. The minimum absolute atomic E-state index is 0.0226. The number of ketones is 2. The van der Waals surface area contributed by atoms with Crippen LogP contribution in [0, 0.1) is 11.8 Å². The van der Waals surface area contributed by atoms with Crippen molar-refractivity contribution < 1.29 is 43.3 Å². The van der Waals surface area contributed by atoms with Crippen molar-refractivity contribution in [2.24, 2.45) is 17.6 Å². The number of rotatable bonds is 7. The van der Waals surface area contributed by atoms with E-state index in [1.807, 2.05) is 19.1 Å². The topological polar surface area (TPSA) is 190 Å². The van der Waals surface area contributed by atoms with Gasteiger partial charge >= 0.3 is 6.09 Å². The molecule has 3 amide bonds. The van der Waals surface area contributed by atoms with E-state index in [1.54, 1.807) is 38.1 Å². The molecule has 0 saturated carbocycles. The summed E-state index contributed by atoms with van der Waals surface area (Å²) in [5.41, 5.74) is 7.12. The van der Waals surface area contributed by atoms with E-state index in [-0.39, 0.29) is 41.3 Å². The average molecular weight is 762 g/mol. The van der Waals surface area contributed by atoms with Gasteiger partial charge in [-0.15, -0.1) is 0 Å². The quantitative estimate of drug-likeness (QED) is 0.236. The molecule has 55 heavy (non-hydrogen) atoms. The first kappa shape index (κ1) is 43.0. The molecule has 2 heterocycles. The number of nitrogens with one attached hydrogen (secondary N) is 2. The van der Waals surface area contributed by atoms with Crippen LogP contribution in [-0.2, 0) is 35.1 Å². The third-order valence-corrected chi connectivity index (χ3v) is 10.3. The van der Waals surface area contributed by atoms with Gasteiger partial charge in [0.15, 0.2) is 6.10 Å². The molecule has 5 N–H and O–H groups in total.